The maximum absolute atomic E-state index is 13.4. The van der Waals surface area contributed by atoms with Crippen LogP contribution < -0.4 is 4.74 Å². The highest BCUT2D eigenvalue weighted by molar-refractivity contribution is 5.96. The monoisotopic (exact) mass is 610 g/mol. The molecule has 0 amide bonds. The number of ether oxygens (including phenoxy) is 5. The smallest absolute Gasteiger partial charge is 0.337 e. The second-order valence-electron chi connectivity index (χ2n) is 10.7. The molecule has 0 radical (unpaired) electrons. The third-order valence-electron chi connectivity index (χ3n) is 8.62. The number of fused-ring (bicyclic) bond motifs is 2. The molecular weight excluding hydrogens is 576 g/mol. The van der Waals surface area contributed by atoms with Gasteiger partial charge in [0.2, 0.25) is 0 Å². The highest BCUT2D eigenvalue weighted by Gasteiger charge is 2.71. The van der Waals surface area contributed by atoms with Gasteiger partial charge in [0, 0.05) is 11.8 Å². The predicted octanol–water partition coefficient (Wildman–Crippen LogP) is 2.60. The van der Waals surface area contributed by atoms with Crippen LogP contribution in [-0.4, -0.2) is 74.1 Å². The zero-order chi connectivity index (χ0) is 32.3. The third-order valence-corrected chi connectivity index (χ3v) is 8.62. The summed E-state index contributed by atoms with van der Waals surface area (Å²) in [5.74, 6) is -13.5. The predicted molar refractivity (Wildman–Crippen MR) is 151 cm³/mol. The standard InChI is InChI=1S/C32H34O12/c1-16(17-9-7-6-8-10-17)27(34)44-19-13-11-18(12-14-19)20-15-21-22(28(35)40-2)26(33)25(31(38)43-5)32(39,23(20)29(36)41-3)24(21)30(37)42-4/h6-14,16,20-21,23-25,33,39H,15H2,1-5H3/t16?,20-,21-,23?,24+,25+,32?/m0/s1. The minimum atomic E-state index is -2.65. The van der Waals surface area contributed by atoms with Crippen LogP contribution in [0, 0.1) is 23.7 Å². The van der Waals surface area contributed by atoms with E-state index in [1.165, 1.54) is 12.1 Å². The average Bonchev–Trinajstić information content (AvgIpc) is 3.03. The van der Waals surface area contributed by atoms with Crippen molar-refractivity contribution in [3.63, 3.8) is 0 Å². The summed E-state index contributed by atoms with van der Waals surface area (Å²) >= 11 is 0. The minimum absolute atomic E-state index is 0.144. The lowest BCUT2D eigenvalue weighted by Crippen LogP contribution is -2.68. The van der Waals surface area contributed by atoms with E-state index in [1.807, 2.05) is 30.3 Å². The maximum Gasteiger partial charge on any atom is 0.337 e. The Labute approximate surface area is 253 Å². The summed E-state index contributed by atoms with van der Waals surface area (Å²) in [6, 6.07) is 15.2. The fraction of sp³-hybridized carbons (Fsp3) is 0.406. The molecule has 1 fully saturated rings. The van der Waals surface area contributed by atoms with E-state index in [9.17, 15) is 34.2 Å². The van der Waals surface area contributed by atoms with E-state index in [0.717, 1.165) is 34.0 Å². The SMILES string of the molecule is COC(=O)C1=C(O)[C@H](C(=O)OC)C2(O)C(C(=O)OC)[C@H](c3ccc(OC(=O)C(C)c4ccccc4)cc3)C[C@@H]1[C@@H]2C(=O)OC. The Kier molecular flexibility index (Phi) is 9.43. The first-order valence-electron chi connectivity index (χ1n) is 13.8. The van der Waals surface area contributed by atoms with Crippen LogP contribution in [0.5, 0.6) is 5.75 Å². The molecule has 2 bridgehead atoms. The molecule has 12 nitrogen and oxygen atoms in total. The number of esters is 5. The molecular formula is C32H34O12. The van der Waals surface area contributed by atoms with Crippen molar-refractivity contribution in [1.29, 1.82) is 0 Å². The minimum Gasteiger partial charge on any atom is -0.511 e. The van der Waals surface area contributed by atoms with Gasteiger partial charge in [-0.05, 0) is 36.6 Å². The van der Waals surface area contributed by atoms with E-state index >= 15 is 0 Å². The Morgan fingerprint density at radius 1 is 0.773 bits per heavy atom. The summed E-state index contributed by atoms with van der Waals surface area (Å²) in [6.45, 7) is 1.71. The van der Waals surface area contributed by atoms with Gasteiger partial charge in [-0.25, -0.2) is 4.79 Å². The molecule has 2 aliphatic carbocycles. The summed E-state index contributed by atoms with van der Waals surface area (Å²) in [6.07, 6.45) is -0.144. The number of aliphatic hydroxyl groups is 2. The second kappa shape index (κ2) is 12.9. The Bertz CT molecular complexity index is 1460. The highest BCUT2D eigenvalue weighted by Crippen LogP contribution is 2.60. The molecule has 2 aliphatic rings. The van der Waals surface area contributed by atoms with Crippen LogP contribution in [0.2, 0.25) is 0 Å². The third kappa shape index (κ3) is 5.41. The van der Waals surface area contributed by atoms with Crippen molar-refractivity contribution in [2.45, 2.75) is 30.8 Å². The molecule has 4 rings (SSSR count). The fourth-order valence-electron chi connectivity index (χ4n) is 6.53. The maximum atomic E-state index is 13.4. The number of rotatable bonds is 8. The largest absolute Gasteiger partial charge is 0.511 e. The number of carbonyl (C=O) groups is 5. The normalized spacial score (nSPS) is 26.5. The molecule has 0 heterocycles. The van der Waals surface area contributed by atoms with Crippen molar-refractivity contribution in [2.75, 3.05) is 28.4 Å². The molecule has 2 N–H and O–H groups in total. The first-order chi connectivity index (χ1) is 21.0. The molecule has 234 valence electrons. The summed E-state index contributed by atoms with van der Waals surface area (Å²) < 4.78 is 25.3. The van der Waals surface area contributed by atoms with Gasteiger partial charge in [-0.1, -0.05) is 42.5 Å². The van der Waals surface area contributed by atoms with E-state index in [0.29, 0.717) is 5.56 Å². The Balaban J connectivity index is 1.81. The van der Waals surface area contributed by atoms with Gasteiger partial charge in [0.05, 0.1) is 51.8 Å². The number of hydrogen-bond acceptors (Lipinski definition) is 12. The van der Waals surface area contributed by atoms with Crippen LogP contribution in [0.4, 0.5) is 0 Å². The molecule has 0 aliphatic heterocycles. The van der Waals surface area contributed by atoms with Crippen molar-refractivity contribution >= 4 is 29.8 Å². The van der Waals surface area contributed by atoms with Crippen LogP contribution in [0.15, 0.2) is 65.9 Å². The van der Waals surface area contributed by atoms with Crippen molar-refractivity contribution in [2.24, 2.45) is 23.7 Å². The van der Waals surface area contributed by atoms with Gasteiger partial charge >= 0.3 is 29.8 Å². The van der Waals surface area contributed by atoms with Crippen molar-refractivity contribution < 1.29 is 57.9 Å². The van der Waals surface area contributed by atoms with Crippen molar-refractivity contribution in [1.82, 2.24) is 0 Å². The lowest BCUT2D eigenvalue weighted by molar-refractivity contribution is -0.208. The van der Waals surface area contributed by atoms with Gasteiger partial charge in [0.1, 0.15) is 23.0 Å². The summed E-state index contributed by atoms with van der Waals surface area (Å²) in [5, 5.41) is 23.6. The molecule has 0 aromatic heterocycles. The molecule has 2 aromatic carbocycles. The van der Waals surface area contributed by atoms with E-state index in [1.54, 1.807) is 19.1 Å². The second-order valence-corrected chi connectivity index (χ2v) is 10.7. The van der Waals surface area contributed by atoms with Crippen LogP contribution in [0.3, 0.4) is 0 Å². The number of carbonyl (C=O) groups excluding carboxylic acids is 5. The first-order valence-corrected chi connectivity index (χ1v) is 13.8. The zero-order valence-corrected chi connectivity index (χ0v) is 24.8. The summed E-state index contributed by atoms with van der Waals surface area (Å²) in [4.78, 5) is 65.5. The fourth-order valence-corrected chi connectivity index (χ4v) is 6.53. The first kappa shape index (κ1) is 32.2. The molecule has 44 heavy (non-hydrogen) atoms. The molecule has 2 aromatic rings. The van der Waals surface area contributed by atoms with Gasteiger partial charge in [-0.3, -0.25) is 19.2 Å². The van der Waals surface area contributed by atoms with Gasteiger partial charge in [0.15, 0.2) is 0 Å². The number of aliphatic hydroxyl groups excluding tert-OH is 1. The molecule has 1 saturated carbocycles. The summed E-state index contributed by atoms with van der Waals surface area (Å²) in [5.41, 5.74) is -1.87. The number of benzene rings is 2. The number of hydrogen-bond donors (Lipinski definition) is 2. The van der Waals surface area contributed by atoms with Crippen LogP contribution in [0.25, 0.3) is 0 Å². The topological polar surface area (TPSA) is 172 Å². The zero-order valence-electron chi connectivity index (χ0n) is 24.8. The Hall–Kier alpha value is -4.71. The van der Waals surface area contributed by atoms with Crippen LogP contribution >= 0.6 is 0 Å². The van der Waals surface area contributed by atoms with E-state index in [4.69, 9.17) is 23.7 Å². The van der Waals surface area contributed by atoms with E-state index in [-0.39, 0.29) is 12.2 Å². The van der Waals surface area contributed by atoms with Crippen molar-refractivity contribution in [3.05, 3.63) is 77.1 Å². The lowest BCUT2D eigenvalue weighted by atomic mass is 9.49. The molecule has 0 spiro atoms. The summed E-state index contributed by atoms with van der Waals surface area (Å²) in [7, 11) is 4.17. The Morgan fingerprint density at radius 3 is 1.84 bits per heavy atom. The molecule has 7 atom stereocenters. The highest BCUT2D eigenvalue weighted by atomic mass is 16.5. The molecule has 3 unspecified atom stereocenters. The quantitative estimate of drug-likeness (QED) is 0.255. The Morgan fingerprint density at radius 2 is 1.32 bits per heavy atom. The van der Waals surface area contributed by atoms with E-state index < -0.39 is 82.3 Å². The van der Waals surface area contributed by atoms with Crippen molar-refractivity contribution in [3.8, 4) is 5.75 Å². The number of methoxy groups -OCH3 is 4. The van der Waals surface area contributed by atoms with Gasteiger partial charge in [0.25, 0.3) is 0 Å². The van der Waals surface area contributed by atoms with E-state index in [2.05, 4.69) is 0 Å². The van der Waals surface area contributed by atoms with Gasteiger partial charge < -0.3 is 33.9 Å². The molecule has 0 saturated heterocycles. The van der Waals surface area contributed by atoms with Crippen LogP contribution in [-0.2, 0) is 42.9 Å². The average molecular weight is 611 g/mol. The van der Waals surface area contributed by atoms with Gasteiger partial charge in [-0.2, -0.15) is 0 Å². The molecule has 12 heteroatoms. The lowest BCUT2D eigenvalue weighted by Gasteiger charge is -2.55. The van der Waals surface area contributed by atoms with Crippen LogP contribution in [0.1, 0.15) is 36.3 Å². The van der Waals surface area contributed by atoms with Gasteiger partial charge in [-0.15, -0.1) is 0 Å².